The molecule has 0 aromatic heterocycles. The number of carbonyl (C=O) groups is 1. The summed E-state index contributed by atoms with van der Waals surface area (Å²) in [5.74, 6) is 0.717. The average Bonchev–Trinajstić information content (AvgIpc) is 2.50. The van der Waals surface area contributed by atoms with Crippen molar-refractivity contribution in [3.8, 4) is 0 Å². The average molecular weight is 225 g/mol. The number of halogens is 1. The van der Waals surface area contributed by atoms with Gasteiger partial charge in [0.05, 0.1) is 6.42 Å². The second kappa shape index (κ2) is 4.11. The van der Waals surface area contributed by atoms with Crippen molar-refractivity contribution in [1.82, 2.24) is 0 Å². The van der Waals surface area contributed by atoms with Crippen molar-refractivity contribution >= 4 is 28.9 Å². The first-order valence-electron chi connectivity index (χ1n) is 4.97. The number of nitrogens with two attached hydrogens (primary N) is 1. The smallest absolute Gasteiger partial charge is 0.231 e. The number of alkyl halides is 1. The van der Waals surface area contributed by atoms with Crippen molar-refractivity contribution in [2.24, 2.45) is 0 Å². The van der Waals surface area contributed by atoms with Gasteiger partial charge in [-0.25, -0.2) is 0 Å². The van der Waals surface area contributed by atoms with Crippen LogP contribution in [-0.4, -0.2) is 18.3 Å². The first-order chi connectivity index (χ1) is 7.22. The van der Waals surface area contributed by atoms with Gasteiger partial charge < -0.3 is 10.6 Å². The molecule has 80 valence electrons. The highest BCUT2D eigenvalue weighted by Crippen LogP contribution is 2.30. The normalized spacial score (nSPS) is 14.5. The molecule has 1 amide bonds. The summed E-state index contributed by atoms with van der Waals surface area (Å²) < 4.78 is 0. The van der Waals surface area contributed by atoms with E-state index in [1.54, 1.807) is 4.90 Å². The number of amides is 1. The first kappa shape index (κ1) is 10.3. The van der Waals surface area contributed by atoms with Gasteiger partial charge >= 0.3 is 0 Å². The Balaban J connectivity index is 2.25. The third kappa shape index (κ3) is 1.92. The second-order valence-electron chi connectivity index (χ2n) is 3.65. The van der Waals surface area contributed by atoms with Gasteiger partial charge in [0.25, 0.3) is 0 Å². The number of rotatable bonds is 3. The Morgan fingerprint density at radius 3 is 3.00 bits per heavy atom. The van der Waals surface area contributed by atoms with Crippen molar-refractivity contribution < 1.29 is 4.79 Å². The number of benzene rings is 1. The number of carbonyl (C=O) groups excluding carboxylic acids is 1. The molecule has 0 saturated carbocycles. The Morgan fingerprint density at radius 2 is 2.27 bits per heavy atom. The minimum absolute atomic E-state index is 0.140. The number of hydrogen-bond acceptors (Lipinski definition) is 2. The van der Waals surface area contributed by atoms with Crippen LogP contribution >= 0.6 is 11.6 Å². The monoisotopic (exact) mass is 224 g/mol. The summed E-state index contributed by atoms with van der Waals surface area (Å²) >= 11 is 5.62. The maximum Gasteiger partial charge on any atom is 0.231 e. The van der Waals surface area contributed by atoms with Crippen LogP contribution in [0.15, 0.2) is 18.2 Å². The maximum absolute atomic E-state index is 11.7. The summed E-state index contributed by atoms with van der Waals surface area (Å²) in [5.41, 5.74) is 8.39. The highest BCUT2D eigenvalue weighted by Gasteiger charge is 2.26. The molecule has 0 aliphatic carbocycles. The van der Waals surface area contributed by atoms with Gasteiger partial charge in [-0.3, -0.25) is 4.79 Å². The lowest BCUT2D eigenvalue weighted by atomic mass is 10.1. The van der Waals surface area contributed by atoms with E-state index in [9.17, 15) is 4.79 Å². The van der Waals surface area contributed by atoms with Crippen molar-refractivity contribution in [3.05, 3.63) is 23.8 Å². The van der Waals surface area contributed by atoms with E-state index in [2.05, 4.69) is 0 Å². The molecular weight excluding hydrogens is 212 g/mol. The zero-order chi connectivity index (χ0) is 10.8. The second-order valence-corrected chi connectivity index (χ2v) is 4.03. The molecule has 1 aliphatic rings. The van der Waals surface area contributed by atoms with Gasteiger partial charge in [-0.2, -0.15) is 0 Å². The summed E-state index contributed by atoms with van der Waals surface area (Å²) in [5, 5.41) is 0. The van der Waals surface area contributed by atoms with Gasteiger partial charge in [0.1, 0.15) is 0 Å². The molecule has 0 radical (unpaired) electrons. The van der Waals surface area contributed by atoms with Crippen molar-refractivity contribution in [3.63, 3.8) is 0 Å². The fourth-order valence-corrected chi connectivity index (χ4v) is 1.99. The van der Waals surface area contributed by atoms with Crippen LogP contribution in [0.2, 0.25) is 0 Å². The summed E-state index contributed by atoms with van der Waals surface area (Å²) in [6, 6.07) is 5.60. The van der Waals surface area contributed by atoms with Gasteiger partial charge in [-0.15, -0.1) is 11.6 Å². The standard InChI is InChI=1S/C11H13ClN2O/c12-4-1-5-14-10-3-2-9(13)6-8(10)7-11(14)15/h2-3,6H,1,4-5,7,13H2. The SMILES string of the molecule is Nc1ccc2c(c1)CC(=O)N2CCCCl. The Bertz CT molecular complexity index is 392. The topological polar surface area (TPSA) is 46.3 Å². The van der Waals surface area contributed by atoms with Crippen molar-refractivity contribution in [2.45, 2.75) is 12.8 Å². The fourth-order valence-electron chi connectivity index (χ4n) is 1.87. The number of nitrogen functional groups attached to an aromatic ring is 1. The zero-order valence-corrected chi connectivity index (χ0v) is 9.13. The van der Waals surface area contributed by atoms with E-state index in [1.807, 2.05) is 18.2 Å². The third-order valence-corrected chi connectivity index (χ3v) is 2.82. The zero-order valence-electron chi connectivity index (χ0n) is 8.37. The molecule has 0 atom stereocenters. The molecule has 0 bridgehead atoms. The van der Waals surface area contributed by atoms with Crippen LogP contribution in [0.5, 0.6) is 0 Å². The summed E-state index contributed by atoms with van der Waals surface area (Å²) in [4.78, 5) is 13.5. The molecule has 4 heteroatoms. The Morgan fingerprint density at radius 1 is 1.47 bits per heavy atom. The molecule has 1 aromatic rings. The molecule has 15 heavy (non-hydrogen) atoms. The van der Waals surface area contributed by atoms with E-state index >= 15 is 0 Å². The minimum Gasteiger partial charge on any atom is -0.399 e. The van der Waals surface area contributed by atoms with E-state index in [0.717, 1.165) is 17.7 Å². The largest absolute Gasteiger partial charge is 0.399 e. The quantitative estimate of drug-likeness (QED) is 0.629. The number of hydrogen-bond donors (Lipinski definition) is 1. The molecule has 0 fully saturated rings. The van der Waals surface area contributed by atoms with E-state index in [1.165, 1.54) is 0 Å². The van der Waals surface area contributed by atoms with Crippen LogP contribution in [0.25, 0.3) is 0 Å². The molecular formula is C11H13ClN2O. The van der Waals surface area contributed by atoms with E-state index in [0.29, 0.717) is 24.5 Å². The molecule has 0 saturated heterocycles. The van der Waals surface area contributed by atoms with Crippen LogP contribution in [0.3, 0.4) is 0 Å². The first-order valence-corrected chi connectivity index (χ1v) is 5.50. The molecule has 1 aromatic carbocycles. The third-order valence-electron chi connectivity index (χ3n) is 2.55. The maximum atomic E-state index is 11.7. The number of nitrogens with zero attached hydrogens (tertiary/aromatic N) is 1. The lowest BCUT2D eigenvalue weighted by molar-refractivity contribution is -0.117. The Labute approximate surface area is 93.8 Å². The Hall–Kier alpha value is -1.22. The van der Waals surface area contributed by atoms with Crippen LogP contribution in [0.4, 0.5) is 11.4 Å². The summed E-state index contributed by atoms with van der Waals surface area (Å²) in [7, 11) is 0. The summed E-state index contributed by atoms with van der Waals surface area (Å²) in [6.45, 7) is 0.694. The van der Waals surface area contributed by atoms with Gasteiger partial charge in [0.2, 0.25) is 5.91 Å². The predicted molar refractivity (Wildman–Crippen MR) is 62.2 cm³/mol. The molecule has 0 spiro atoms. The van der Waals surface area contributed by atoms with Crippen molar-refractivity contribution in [1.29, 1.82) is 0 Å². The highest BCUT2D eigenvalue weighted by atomic mass is 35.5. The lowest BCUT2D eigenvalue weighted by Gasteiger charge is -2.16. The molecule has 2 rings (SSSR count). The van der Waals surface area contributed by atoms with Crippen LogP contribution in [-0.2, 0) is 11.2 Å². The highest BCUT2D eigenvalue weighted by molar-refractivity contribution is 6.17. The molecule has 3 nitrogen and oxygen atoms in total. The number of fused-ring (bicyclic) bond motifs is 1. The Kier molecular flexibility index (Phi) is 2.82. The van der Waals surface area contributed by atoms with Gasteiger partial charge in [-0.05, 0) is 30.2 Å². The van der Waals surface area contributed by atoms with Gasteiger partial charge in [0, 0.05) is 23.8 Å². The van der Waals surface area contributed by atoms with Crippen LogP contribution < -0.4 is 10.6 Å². The van der Waals surface area contributed by atoms with Gasteiger partial charge in [-0.1, -0.05) is 0 Å². The fraction of sp³-hybridized carbons (Fsp3) is 0.364. The van der Waals surface area contributed by atoms with Crippen LogP contribution in [0.1, 0.15) is 12.0 Å². The minimum atomic E-state index is 0.140. The van der Waals surface area contributed by atoms with E-state index in [4.69, 9.17) is 17.3 Å². The lowest BCUT2D eigenvalue weighted by Crippen LogP contribution is -2.27. The number of anilines is 2. The molecule has 2 N–H and O–H groups in total. The summed E-state index contributed by atoms with van der Waals surface area (Å²) in [6.07, 6.45) is 1.28. The van der Waals surface area contributed by atoms with Gasteiger partial charge in [0.15, 0.2) is 0 Å². The molecule has 0 unspecified atom stereocenters. The van der Waals surface area contributed by atoms with Crippen molar-refractivity contribution in [2.75, 3.05) is 23.1 Å². The molecule has 1 heterocycles. The van der Waals surface area contributed by atoms with Crippen LogP contribution in [0, 0.1) is 0 Å². The van der Waals surface area contributed by atoms with E-state index < -0.39 is 0 Å². The molecule has 1 aliphatic heterocycles. The predicted octanol–water partition coefficient (Wildman–Crippen LogP) is 1.79. The van der Waals surface area contributed by atoms with E-state index in [-0.39, 0.29) is 5.91 Å².